The molecule has 0 amide bonds. The van der Waals surface area contributed by atoms with Gasteiger partial charge in [-0.3, -0.25) is 4.79 Å². The summed E-state index contributed by atoms with van der Waals surface area (Å²) in [6.45, 7) is 2.16. The summed E-state index contributed by atoms with van der Waals surface area (Å²) in [7, 11) is 0. The van der Waals surface area contributed by atoms with E-state index in [4.69, 9.17) is 0 Å². The van der Waals surface area contributed by atoms with Gasteiger partial charge in [-0.2, -0.15) is 0 Å². The average molecular weight is 212 g/mol. The van der Waals surface area contributed by atoms with Crippen molar-refractivity contribution in [1.82, 2.24) is 0 Å². The standard InChI is InChI=1S/C15H16O/c1-12(11-13-5-3-2-4-6-13)14-7-9-15(16)10-8-14/h2-7,9H,8,10-11H2,1H3. The Morgan fingerprint density at radius 2 is 1.88 bits per heavy atom. The smallest absolute Gasteiger partial charge is 0.156 e. The maximum Gasteiger partial charge on any atom is 0.156 e. The van der Waals surface area contributed by atoms with Gasteiger partial charge in [0, 0.05) is 6.42 Å². The Hall–Kier alpha value is -1.63. The molecule has 0 aromatic heterocycles. The van der Waals surface area contributed by atoms with E-state index in [1.54, 1.807) is 6.08 Å². The van der Waals surface area contributed by atoms with Gasteiger partial charge < -0.3 is 0 Å². The van der Waals surface area contributed by atoms with Crippen molar-refractivity contribution in [3.63, 3.8) is 0 Å². The third-order valence-electron chi connectivity index (χ3n) is 2.97. The molecule has 0 atom stereocenters. The number of benzene rings is 1. The summed E-state index contributed by atoms with van der Waals surface area (Å²) in [6.07, 6.45) is 6.22. The molecular formula is C15H16O. The highest BCUT2D eigenvalue weighted by Gasteiger charge is 2.08. The number of carbonyl (C=O) groups is 1. The maximum atomic E-state index is 11.1. The summed E-state index contributed by atoms with van der Waals surface area (Å²) in [5, 5.41) is 0. The fraction of sp³-hybridized carbons (Fsp3) is 0.267. The lowest BCUT2D eigenvalue weighted by Gasteiger charge is -2.11. The van der Waals surface area contributed by atoms with Crippen LogP contribution in [0.3, 0.4) is 0 Å². The molecule has 16 heavy (non-hydrogen) atoms. The molecule has 0 saturated carbocycles. The summed E-state index contributed by atoms with van der Waals surface area (Å²) in [5.41, 5.74) is 4.02. The summed E-state index contributed by atoms with van der Waals surface area (Å²) >= 11 is 0. The first kappa shape index (κ1) is 10.9. The first-order valence-electron chi connectivity index (χ1n) is 5.69. The first-order valence-corrected chi connectivity index (χ1v) is 5.69. The Bertz CT molecular complexity index is 438. The molecule has 0 bridgehead atoms. The largest absolute Gasteiger partial charge is 0.295 e. The van der Waals surface area contributed by atoms with Crippen molar-refractivity contribution in [2.75, 3.05) is 0 Å². The minimum absolute atomic E-state index is 0.247. The molecule has 1 nitrogen and oxygen atoms in total. The van der Waals surface area contributed by atoms with Crippen molar-refractivity contribution in [2.45, 2.75) is 26.2 Å². The van der Waals surface area contributed by atoms with Crippen LogP contribution in [0, 0.1) is 0 Å². The molecule has 0 fully saturated rings. The minimum Gasteiger partial charge on any atom is -0.295 e. The predicted molar refractivity (Wildman–Crippen MR) is 66.2 cm³/mol. The Labute approximate surface area is 96.5 Å². The van der Waals surface area contributed by atoms with E-state index in [9.17, 15) is 4.79 Å². The molecule has 82 valence electrons. The Kier molecular flexibility index (Phi) is 3.35. The zero-order valence-corrected chi connectivity index (χ0v) is 9.57. The van der Waals surface area contributed by atoms with Crippen molar-refractivity contribution in [3.05, 3.63) is 59.2 Å². The normalized spacial score (nSPS) is 18.7. The van der Waals surface area contributed by atoms with E-state index in [1.807, 2.05) is 12.1 Å². The monoisotopic (exact) mass is 212 g/mol. The van der Waals surface area contributed by atoms with Gasteiger partial charge in [0.25, 0.3) is 0 Å². The summed E-state index contributed by atoms with van der Waals surface area (Å²) in [5.74, 6) is 0.247. The fourth-order valence-electron chi connectivity index (χ4n) is 1.99. The van der Waals surface area contributed by atoms with Gasteiger partial charge in [0.05, 0.1) is 0 Å². The van der Waals surface area contributed by atoms with Crippen LogP contribution < -0.4 is 0 Å². The van der Waals surface area contributed by atoms with Crippen molar-refractivity contribution in [3.8, 4) is 0 Å². The minimum atomic E-state index is 0.247. The van der Waals surface area contributed by atoms with Crippen LogP contribution in [0.5, 0.6) is 0 Å². The molecule has 1 aromatic carbocycles. The van der Waals surface area contributed by atoms with Crippen LogP contribution in [0.15, 0.2) is 53.6 Å². The quantitative estimate of drug-likeness (QED) is 0.733. The van der Waals surface area contributed by atoms with Crippen LogP contribution in [0.1, 0.15) is 25.3 Å². The third-order valence-corrected chi connectivity index (χ3v) is 2.97. The molecule has 0 saturated heterocycles. The zero-order chi connectivity index (χ0) is 11.4. The molecule has 0 heterocycles. The number of rotatable bonds is 2. The van der Waals surface area contributed by atoms with Crippen LogP contribution >= 0.6 is 0 Å². The second-order valence-corrected chi connectivity index (χ2v) is 4.27. The lowest BCUT2D eigenvalue weighted by molar-refractivity contribution is -0.114. The summed E-state index contributed by atoms with van der Waals surface area (Å²) in [4.78, 5) is 11.1. The van der Waals surface area contributed by atoms with Gasteiger partial charge in [0.15, 0.2) is 5.78 Å². The lowest BCUT2D eigenvalue weighted by atomic mass is 9.94. The van der Waals surface area contributed by atoms with Gasteiger partial charge in [-0.05, 0) is 37.0 Å². The van der Waals surface area contributed by atoms with Gasteiger partial charge in [-0.15, -0.1) is 0 Å². The van der Waals surface area contributed by atoms with E-state index in [2.05, 4.69) is 31.2 Å². The molecule has 0 unspecified atom stereocenters. The Balaban J connectivity index is 2.13. The van der Waals surface area contributed by atoms with E-state index in [-0.39, 0.29) is 5.78 Å². The number of hydrogen-bond acceptors (Lipinski definition) is 1. The third kappa shape index (κ3) is 2.69. The van der Waals surface area contributed by atoms with Crippen molar-refractivity contribution in [1.29, 1.82) is 0 Å². The van der Waals surface area contributed by atoms with Crippen LogP contribution in [-0.2, 0) is 11.2 Å². The van der Waals surface area contributed by atoms with Crippen molar-refractivity contribution < 1.29 is 4.79 Å². The van der Waals surface area contributed by atoms with Crippen LogP contribution in [-0.4, -0.2) is 5.78 Å². The van der Waals surface area contributed by atoms with Gasteiger partial charge in [0.2, 0.25) is 0 Å². The van der Waals surface area contributed by atoms with Crippen LogP contribution in [0.2, 0.25) is 0 Å². The van der Waals surface area contributed by atoms with Gasteiger partial charge in [-0.1, -0.05) is 42.0 Å². The molecular weight excluding hydrogens is 196 g/mol. The second-order valence-electron chi connectivity index (χ2n) is 4.27. The van der Waals surface area contributed by atoms with E-state index in [0.29, 0.717) is 6.42 Å². The summed E-state index contributed by atoms with van der Waals surface area (Å²) in [6, 6.07) is 10.4. The highest BCUT2D eigenvalue weighted by Crippen LogP contribution is 2.20. The Morgan fingerprint density at radius 3 is 2.50 bits per heavy atom. The fourth-order valence-corrected chi connectivity index (χ4v) is 1.99. The predicted octanol–water partition coefficient (Wildman–Crippen LogP) is 3.46. The highest BCUT2D eigenvalue weighted by atomic mass is 16.1. The maximum absolute atomic E-state index is 11.1. The molecule has 0 N–H and O–H groups in total. The topological polar surface area (TPSA) is 17.1 Å². The first-order chi connectivity index (χ1) is 7.75. The molecule has 2 rings (SSSR count). The van der Waals surface area contributed by atoms with Gasteiger partial charge in [-0.25, -0.2) is 0 Å². The number of hydrogen-bond donors (Lipinski definition) is 0. The number of ketones is 1. The molecule has 1 heteroatoms. The highest BCUT2D eigenvalue weighted by molar-refractivity contribution is 5.91. The molecule has 0 aliphatic heterocycles. The summed E-state index contributed by atoms with van der Waals surface area (Å²) < 4.78 is 0. The second kappa shape index (κ2) is 4.93. The number of carbonyl (C=O) groups excluding carboxylic acids is 1. The van der Waals surface area contributed by atoms with Crippen LogP contribution in [0.25, 0.3) is 0 Å². The molecule has 1 aromatic rings. The van der Waals surface area contributed by atoms with E-state index in [0.717, 1.165) is 12.8 Å². The van der Waals surface area contributed by atoms with Crippen LogP contribution in [0.4, 0.5) is 0 Å². The van der Waals surface area contributed by atoms with Crippen molar-refractivity contribution in [2.24, 2.45) is 0 Å². The molecule has 1 aliphatic carbocycles. The molecule has 1 aliphatic rings. The molecule has 0 radical (unpaired) electrons. The SMILES string of the molecule is CC(Cc1ccccc1)=C1C=CC(=O)CC1. The van der Waals surface area contributed by atoms with E-state index in [1.165, 1.54) is 16.7 Å². The van der Waals surface area contributed by atoms with Crippen molar-refractivity contribution >= 4 is 5.78 Å². The van der Waals surface area contributed by atoms with Gasteiger partial charge >= 0.3 is 0 Å². The van der Waals surface area contributed by atoms with E-state index < -0.39 is 0 Å². The molecule has 0 spiro atoms. The number of allylic oxidation sites excluding steroid dienone is 4. The average Bonchev–Trinajstić information content (AvgIpc) is 2.31. The van der Waals surface area contributed by atoms with E-state index >= 15 is 0 Å². The zero-order valence-electron chi connectivity index (χ0n) is 9.57. The van der Waals surface area contributed by atoms with Gasteiger partial charge in [0.1, 0.15) is 0 Å². The lowest BCUT2D eigenvalue weighted by Crippen LogP contribution is -2.02. The Morgan fingerprint density at radius 1 is 1.12 bits per heavy atom.